The molecule has 8 heteroatoms. The molecule has 1 amide bonds. The van der Waals surface area contributed by atoms with E-state index in [0.717, 1.165) is 23.5 Å². The van der Waals surface area contributed by atoms with Gasteiger partial charge in [-0.2, -0.15) is 0 Å². The Balaban J connectivity index is 1.70. The van der Waals surface area contributed by atoms with Gasteiger partial charge in [0, 0.05) is 28.2 Å². The summed E-state index contributed by atoms with van der Waals surface area (Å²) in [7, 11) is 1.31. The molecule has 1 aliphatic carbocycles. The molecule has 0 aliphatic heterocycles. The van der Waals surface area contributed by atoms with Crippen LogP contribution < -0.4 is 0 Å². The maximum atomic E-state index is 13.3. The minimum absolute atomic E-state index is 0.145. The number of aryl methyl sites for hydroxylation is 1. The number of thiazole rings is 1. The number of hydrogen-bond donors (Lipinski definition) is 0. The fraction of sp³-hybridized carbons (Fsp3) is 0.300. The summed E-state index contributed by atoms with van der Waals surface area (Å²) in [6, 6.07) is 5.07. The lowest BCUT2D eigenvalue weighted by molar-refractivity contribution is 0.0600. The maximum Gasteiger partial charge on any atom is 0.337 e. The molecule has 144 valence electrons. The smallest absolute Gasteiger partial charge is 0.337 e. The number of esters is 1. The lowest BCUT2D eigenvalue weighted by atomic mass is 10.0. The van der Waals surface area contributed by atoms with Crippen molar-refractivity contribution in [1.29, 1.82) is 0 Å². The van der Waals surface area contributed by atoms with Gasteiger partial charge in [-0.05, 0) is 38.0 Å². The molecule has 0 saturated heterocycles. The van der Waals surface area contributed by atoms with Crippen molar-refractivity contribution >= 4 is 23.2 Å². The van der Waals surface area contributed by atoms with Crippen molar-refractivity contribution in [1.82, 2.24) is 14.9 Å². The van der Waals surface area contributed by atoms with Crippen LogP contribution in [0.2, 0.25) is 0 Å². The third kappa shape index (κ3) is 3.82. The zero-order valence-corrected chi connectivity index (χ0v) is 16.4. The molecule has 0 spiro atoms. The van der Waals surface area contributed by atoms with Crippen molar-refractivity contribution in [2.24, 2.45) is 0 Å². The molecular weight excluding hydrogens is 378 g/mol. The van der Waals surface area contributed by atoms with Gasteiger partial charge < -0.3 is 14.1 Å². The number of methoxy groups -OCH3 is 1. The highest BCUT2D eigenvalue weighted by Gasteiger charge is 2.34. The third-order valence-electron chi connectivity index (χ3n) is 4.50. The summed E-state index contributed by atoms with van der Waals surface area (Å²) in [4.78, 5) is 35.9. The van der Waals surface area contributed by atoms with Gasteiger partial charge in [0.1, 0.15) is 11.3 Å². The summed E-state index contributed by atoms with van der Waals surface area (Å²) in [5.41, 5.74) is 2.18. The predicted molar refractivity (Wildman–Crippen MR) is 103 cm³/mol. The second kappa shape index (κ2) is 7.55. The van der Waals surface area contributed by atoms with Gasteiger partial charge in [-0.3, -0.25) is 4.79 Å². The highest BCUT2D eigenvalue weighted by molar-refractivity contribution is 7.09. The van der Waals surface area contributed by atoms with Gasteiger partial charge in [-0.15, -0.1) is 11.3 Å². The standard InChI is InChI=1S/C20H19N3O4S/c1-12-11-28-17(22-12)10-23(16-3-4-16)19(24)14-7-13(18-21-5-6-27-18)8-15(9-14)20(25)26-2/h5-9,11,16H,3-4,10H2,1-2H3. The zero-order valence-electron chi connectivity index (χ0n) is 15.5. The number of rotatable bonds is 6. The van der Waals surface area contributed by atoms with Crippen molar-refractivity contribution in [3.05, 3.63) is 57.9 Å². The van der Waals surface area contributed by atoms with E-state index in [2.05, 4.69) is 9.97 Å². The van der Waals surface area contributed by atoms with Gasteiger partial charge in [0.2, 0.25) is 5.89 Å². The molecule has 3 aromatic rings. The summed E-state index contributed by atoms with van der Waals surface area (Å²) in [5.74, 6) is -0.321. The molecule has 28 heavy (non-hydrogen) atoms. The Labute approximate surface area is 166 Å². The number of oxazole rings is 1. The van der Waals surface area contributed by atoms with E-state index in [1.165, 1.54) is 19.6 Å². The average Bonchev–Trinajstić information content (AvgIpc) is 3.23. The predicted octanol–water partition coefficient (Wildman–Crippen LogP) is 3.70. The minimum Gasteiger partial charge on any atom is -0.465 e. The van der Waals surface area contributed by atoms with Crippen LogP contribution in [0.1, 0.15) is 44.3 Å². The van der Waals surface area contributed by atoms with Crippen LogP contribution in [-0.4, -0.2) is 39.9 Å². The van der Waals surface area contributed by atoms with Crippen molar-refractivity contribution in [2.75, 3.05) is 7.11 Å². The second-order valence-electron chi connectivity index (χ2n) is 6.67. The second-order valence-corrected chi connectivity index (χ2v) is 7.62. The van der Waals surface area contributed by atoms with Crippen LogP contribution in [0, 0.1) is 6.92 Å². The monoisotopic (exact) mass is 397 g/mol. The van der Waals surface area contributed by atoms with Crippen LogP contribution in [0.25, 0.3) is 11.5 Å². The Morgan fingerprint density at radius 3 is 2.68 bits per heavy atom. The van der Waals surface area contributed by atoms with Crippen LogP contribution in [0.5, 0.6) is 0 Å². The summed E-state index contributed by atoms with van der Waals surface area (Å²) >= 11 is 1.54. The van der Waals surface area contributed by atoms with Gasteiger partial charge in [0.25, 0.3) is 5.91 Å². The first-order valence-corrected chi connectivity index (χ1v) is 9.78. The Kier molecular flexibility index (Phi) is 4.95. The molecule has 1 aliphatic rings. The van der Waals surface area contributed by atoms with Gasteiger partial charge in [0.05, 0.1) is 25.4 Å². The minimum atomic E-state index is -0.518. The van der Waals surface area contributed by atoms with Crippen LogP contribution in [0.3, 0.4) is 0 Å². The number of ether oxygens (including phenoxy) is 1. The molecule has 1 aromatic carbocycles. The highest BCUT2D eigenvalue weighted by atomic mass is 32.1. The number of benzene rings is 1. The first kappa shape index (κ1) is 18.4. The first-order valence-electron chi connectivity index (χ1n) is 8.90. The van der Waals surface area contributed by atoms with Crippen molar-refractivity contribution in [3.8, 4) is 11.5 Å². The highest BCUT2D eigenvalue weighted by Crippen LogP contribution is 2.31. The van der Waals surface area contributed by atoms with Crippen LogP contribution >= 0.6 is 11.3 Å². The fourth-order valence-corrected chi connectivity index (χ4v) is 3.79. The average molecular weight is 397 g/mol. The molecule has 4 rings (SSSR count). The molecule has 1 saturated carbocycles. The number of carbonyl (C=O) groups excluding carboxylic acids is 2. The summed E-state index contributed by atoms with van der Waals surface area (Å²) in [6.45, 7) is 2.39. The van der Waals surface area contributed by atoms with E-state index in [0.29, 0.717) is 23.6 Å². The lowest BCUT2D eigenvalue weighted by Crippen LogP contribution is -2.32. The van der Waals surface area contributed by atoms with E-state index in [1.54, 1.807) is 29.5 Å². The van der Waals surface area contributed by atoms with E-state index < -0.39 is 5.97 Å². The number of amides is 1. The third-order valence-corrected chi connectivity index (χ3v) is 5.45. The molecular formula is C20H19N3O4S. The van der Waals surface area contributed by atoms with Crippen LogP contribution in [0.4, 0.5) is 0 Å². The normalized spacial score (nSPS) is 13.4. The molecule has 0 radical (unpaired) electrons. The lowest BCUT2D eigenvalue weighted by Gasteiger charge is -2.22. The van der Waals surface area contributed by atoms with E-state index in [1.807, 2.05) is 17.2 Å². The largest absolute Gasteiger partial charge is 0.465 e. The number of carbonyl (C=O) groups is 2. The molecule has 0 bridgehead atoms. The first-order chi connectivity index (χ1) is 13.5. The molecule has 0 N–H and O–H groups in total. The van der Waals surface area contributed by atoms with Gasteiger partial charge in [-0.25, -0.2) is 14.8 Å². The van der Waals surface area contributed by atoms with Crippen LogP contribution in [-0.2, 0) is 11.3 Å². The molecule has 2 aromatic heterocycles. The van der Waals surface area contributed by atoms with Gasteiger partial charge >= 0.3 is 5.97 Å². The topological polar surface area (TPSA) is 85.5 Å². The van der Waals surface area contributed by atoms with Crippen molar-refractivity contribution < 1.29 is 18.7 Å². The fourth-order valence-electron chi connectivity index (χ4n) is 3.02. The molecule has 0 unspecified atom stereocenters. The summed E-state index contributed by atoms with van der Waals surface area (Å²) in [5, 5.41) is 2.87. The Hall–Kier alpha value is -3.00. The zero-order chi connectivity index (χ0) is 19.7. The van der Waals surface area contributed by atoms with Crippen LogP contribution in [0.15, 0.2) is 40.5 Å². The molecule has 2 heterocycles. The maximum absolute atomic E-state index is 13.3. The Bertz CT molecular complexity index is 1010. The SMILES string of the molecule is COC(=O)c1cc(C(=O)N(Cc2nc(C)cs2)C2CC2)cc(-c2ncco2)c1. The molecule has 0 atom stereocenters. The molecule has 1 fully saturated rings. The van der Waals surface area contributed by atoms with E-state index in [4.69, 9.17) is 9.15 Å². The summed E-state index contributed by atoms with van der Waals surface area (Å²) in [6.07, 6.45) is 4.91. The number of aromatic nitrogens is 2. The number of hydrogen-bond acceptors (Lipinski definition) is 7. The van der Waals surface area contributed by atoms with E-state index in [9.17, 15) is 9.59 Å². The molecule has 7 nitrogen and oxygen atoms in total. The quantitative estimate of drug-likeness (QED) is 0.590. The Morgan fingerprint density at radius 1 is 1.29 bits per heavy atom. The van der Waals surface area contributed by atoms with Gasteiger partial charge in [-0.1, -0.05) is 0 Å². The van der Waals surface area contributed by atoms with E-state index in [-0.39, 0.29) is 17.5 Å². The van der Waals surface area contributed by atoms with Crippen molar-refractivity contribution in [2.45, 2.75) is 32.4 Å². The summed E-state index contributed by atoms with van der Waals surface area (Å²) < 4.78 is 10.2. The number of nitrogens with zero attached hydrogens (tertiary/aromatic N) is 3. The van der Waals surface area contributed by atoms with Crippen molar-refractivity contribution in [3.63, 3.8) is 0 Å². The van der Waals surface area contributed by atoms with Gasteiger partial charge in [0.15, 0.2) is 0 Å². The van der Waals surface area contributed by atoms with E-state index >= 15 is 0 Å². The Morgan fingerprint density at radius 2 is 2.07 bits per heavy atom.